The Kier molecular flexibility index (Phi) is 4.03. The second kappa shape index (κ2) is 5.43. The lowest BCUT2D eigenvalue weighted by atomic mass is 10.1. The first-order valence-corrected chi connectivity index (χ1v) is 6.34. The zero-order valence-electron chi connectivity index (χ0n) is 10.9. The molecule has 2 atom stereocenters. The highest BCUT2D eigenvalue weighted by molar-refractivity contribution is 5.79. The number of aliphatic hydroxyl groups is 1. The Labute approximate surface area is 113 Å². The van der Waals surface area contributed by atoms with Crippen molar-refractivity contribution in [3.05, 3.63) is 17.5 Å². The monoisotopic (exact) mass is 291 g/mol. The highest BCUT2D eigenvalue weighted by Gasteiger charge is 2.37. The Morgan fingerprint density at radius 1 is 1.55 bits per heavy atom. The zero-order chi connectivity index (χ0) is 14.9. The number of nitrogens with one attached hydrogen (secondary N) is 1. The third-order valence-corrected chi connectivity index (χ3v) is 3.44. The van der Waals surface area contributed by atoms with E-state index in [-0.39, 0.29) is 12.1 Å². The van der Waals surface area contributed by atoms with E-state index in [2.05, 4.69) is 10.4 Å². The van der Waals surface area contributed by atoms with Crippen LogP contribution >= 0.6 is 0 Å². The van der Waals surface area contributed by atoms with E-state index in [0.29, 0.717) is 12.8 Å². The third kappa shape index (κ3) is 3.12. The molecule has 0 aromatic carbocycles. The molecule has 2 rings (SSSR count). The van der Waals surface area contributed by atoms with Crippen LogP contribution in [0.3, 0.4) is 0 Å². The van der Waals surface area contributed by atoms with Crippen LogP contribution in [0.5, 0.6) is 0 Å². The number of amides is 1. The molecule has 2 unspecified atom stereocenters. The standard InChI is InChI=1S/C12H16F3N3O2/c1-18-6-7(10(17-18)12(13,14)15)5-16-11(20)8-3-2-4-9(8)19/h6,8-9,19H,2-5H2,1H3,(H,16,20). The number of carbonyl (C=O) groups is 1. The normalized spacial score (nSPS) is 23.1. The summed E-state index contributed by atoms with van der Waals surface area (Å²) in [4.78, 5) is 11.8. The van der Waals surface area contributed by atoms with E-state index in [0.717, 1.165) is 11.1 Å². The number of aryl methyl sites for hydroxylation is 1. The van der Waals surface area contributed by atoms with E-state index >= 15 is 0 Å². The summed E-state index contributed by atoms with van der Waals surface area (Å²) in [5.41, 5.74) is -1.08. The van der Waals surface area contributed by atoms with Gasteiger partial charge in [-0.3, -0.25) is 9.48 Å². The van der Waals surface area contributed by atoms with Gasteiger partial charge in [-0.05, 0) is 19.3 Å². The van der Waals surface area contributed by atoms with E-state index in [4.69, 9.17) is 0 Å². The molecule has 1 heterocycles. The minimum absolute atomic E-state index is 0.0826. The molecule has 0 radical (unpaired) electrons. The van der Waals surface area contributed by atoms with Crippen molar-refractivity contribution in [2.24, 2.45) is 13.0 Å². The Hall–Kier alpha value is -1.57. The molecule has 5 nitrogen and oxygen atoms in total. The van der Waals surface area contributed by atoms with Crippen LogP contribution in [0.15, 0.2) is 6.20 Å². The van der Waals surface area contributed by atoms with Crippen LogP contribution in [0.1, 0.15) is 30.5 Å². The van der Waals surface area contributed by atoms with E-state index in [1.165, 1.54) is 13.2 Å². The zero-order valence-corrected chi connectivity index (χ0v) is 10.9. The summed E-state index contributed by atoms with van der Waals surface area (Å²) in [5, 5.41) is 15.4. The van der Waals surface area contributed by atoms with Gasteiger partial charge in [-0.1, -0.05) is 0 Å². The number of hydrogen-bond acceptors (Lipinski definition) is 3. The lowest BCUT2D eigenvalue weighted by Crippen LogP contribution is -2.34. The van der Waals surface area contributed by atoms with E-state index in [1.54, 1.807) is 0 Å². The van der Waals surface area contributed by atoms with Gasteiger partial charge in [0.25, 0.3) is 0 Å². The van der Waals surface area contributed by atoms with Gasteiger partial charge in [0.15, 0.2) is 5.69 Å². The molecular formula is C12H16F3N3O2. The number of aliphatic hydroxyl groups excluding tert-OH is 1. The molecule has 0 bridgehead atoms. The molecule has 1 aromatic rings. The number of nitrogens with zero attached hydrogens (tertiary/aromatic N) is 2. The summed E-state index contributed by atoms with van der Waals surface area (Å²) in [5.74, 6) is -0.937. The van der Waals surface area contributed by atoms with Crippen molar-refractivity contribution in [1.29, 1.82) is 0 Å². The lowest BCUT2D eigenvalue weighted by molar-refractivity contribution is -0.142. The molecule has 20 heavy (non-hydrogen) atoms. The Morgan fingerprint density at radius 2 is 2.25 bits per heavy atom. The highest BCUT2D eigenvalue weighted by atomic mass is 19.4. The SMILES string of the molecule is Cn1cc(CNC(=O)C2CCCC2O)c(C(F)(F)F)n1. The van der Waals surface area contributed by atoms with Gasteiger partial charge in [-0.15, -0.1) is 0 Å². The minimum Gasteiger partial charge on any atom is -0.392 e. The molecular weight excluding hydrogens is 275 g/mol. The first kappa shape index (κ1) is 14.8. The Balaban J connectivity index is 2.02. The van der Waals surface area contributed by atoms with Gasteiger partial charge in [0.2, 0.25) is 5.91 Å². The second-order valence-electron chi connectivity index (χ2n) is 5.00. The summed E-state index contributed by atoms with van der Waals surface area (Å²) in [6, 6.07) is 0. The van der Waals surface area contributed by atoms with Crippen LogP contribution in [-0.2, 0) is 24.6 Å². The first-order chi connectivity index (χ1) is 9.29. The van der Waals surface area contributed by atoms with Crippen molar-refractivity contribution in [2.45, 2.75) is 38.1 Å². The molecule has 1 saturated carbocycles. The molecule has 1 fully saturated rings. The molecule has 1 aromatic heterocycles. The number of halogens is 3. The summed E-state index contributed by atoms with van der Waals surface area (Å²) < 4.78 is 39.2. The van der Waals surface area contributed by atoms with Crippen LogP contribution in [0.25, 0.3) is 0 Å². The molecule has 0 saturated heterocycles. The van der Waals surface area contributed by atoms with Crippen molar-refractivity contribution in [1.82, 2.24) is 15.1 Å². The quantitative estimate of drug-likeness (QED) is 0.880. The predicted octanol–water partition coefficient (Wildman–Crippen LogP) is 1.22. The maximum atomic E-state index is 12.7. The van der Waals surface area contributed by atoms with Gasteiger partial charge in [-0.25, -0.2) is 0 Å². The molecule has 1 aliphatic carbocycles. The second-order valence-corrected chi connectivity index (χ2v) is 5.00. The maximum absolute atomic E-state index is 12.7. The van der Waals surface area contributed by atoms with Crippen molar-refractivity contribution < 1.29 is 23.1 Å². The van der Waals surface area contributed by atoms with Crippen LogP contribution in [0.2, 0.25) is 0 Å². The van der Waals surface area contributed by atoms with Crippen molar-refractivity contribution in [2.75, 3.05) is 0 Å². The lowest BCUT2D eigenvalue weighted by Gasteiger charge is -2.14. The van der Waals surface area contributed by atoms with Crippen LogP contribution in [0.4, 0.5) is 13.2 Å². The average molecular weight is 291 g/mol. The van der Waals surface area contributed by atoms with E-state index < -0.39 is 29.8 Å². The van der Waals surface area contributed by atoms with E-state index in [1.807, 2.05) is 0 Å². The number of alkyl halides is 3. The molecule has 2 N–H and O–H groups in total. The van der Waals surface area contributed by atoms with Gasteiger partial charge >= 0.3 is 6.18 Å². The van der Waals surface area contributed by atoms with Crippen molar-refractivity contribution in [3.63, 3.8) is 0 Å². The number of carbonyl (C=O) groups excluding carboxylic acids is 1. The smallest absolute Gasteiger partial charge is 0.392 e. The molecule has 1 amide bonds. The maximum Gasteiger partial charge on any atom is 0.435 e. The van der Waals surface area contributed by atoms with Crippen molar-refractivity contribution >= 4 is 5.91 Å². The number of aromatic nitrogens is 2. The van der Waals surface area contributed by atoms with Crippen LogP contribution in [0, 0.1) is 5.92 Å². The Morgan fingerprint density at radius 3 is 2.80 bits per heavy atom. The van der Waals surface area contributed by atoms with Crippen LogP contribution in [-0.4, -0.2) is 26.9 Å². The van der Waals surface area contributed by atoms with Crippen LogP contribution < -0.4 is 5.32 Å². The predicted molar refractivity (Wildman–Crippen MR) is 63.4 cm³/mol. The van der Waals surface area contributed by atoms with Gasteiger partial charge in [-0.2, -0.15) is 18.3 Å². The highest BCUT2D eigenvalue weighted by Crippen LogP contribution is 2.31. The largest absolute Gasteiger partial charge is 0.435 e. The van der Waals surface area contributed by atoms with Gasteiger partial charge < -0.3 is 10.4 Å². The number of rotatable bonds is 3. The fourth-order valence-corrected chi connectivity index (χ4v) is 2.47. The van der Waals surface area contributed by atoms with Gasteiger partial charge in [0.1, 0.15) is 0 Å². The number of hydrogen-bond donors (Lipinski definition) is 2. The topological polar surface area (TPSA) is 67.2 Å². The summed E-state index contributed by atoms with van der Waals surface area (Å²) in [6.45, 7) is -0.245. The van der Waals surface area contributed by atoms with Gasteiger partial charge in [0, 0.05) is 25.4 Å². The van der Waals surface area contributed by atoms with E-state index in [9.17, 15) is 23.1 Å². The third-order valence-electron chi connectivity index (χ3n) is 3.44. The summed E-state index contributed by atoms with van der Waals surface area (Å²) >= 11 is 0. The average Bonchev–Trinajstić information content (AvgIpc) is 2.91. The molecule has 112 valence electrons. The van der Waals surface area contributed by atoms with Crippen molar-refractivity contribution in [3.8, 4) is 0 Å². The van der Waals surface area contributed by atoms with Gasteiger partial charge in [0.05, 0.1) is 12.0 Å². The molecule has 0 spiro atoms. The minimum atomic E-state index is -4.55. The summed E-state index contributed by atoms with van der Waals surface area (Å²) in [7, 11) is 1.39. The molecule has 1 aliphatic rings. The first-order valence-electron chi connectivity index (χ1n) is 6.34. The summed E-state index contributed by atoms with van der Waals surface area (Å²) in [6.07, 6.45) is -2.15. The fraction of sp³-hybridized carbons (Fsp3) is 0.667. The Bertz CT molecular complexity index is 499. The fourth-order valence-electron chi connectivity index (χ4n) is 2.47. The molecule has 8 heteroatoms. The molecule has 0 aliphatic heterocycles.